The van der Waals surface area contributed by atoms with E-state index in [-0.39, 0.29) is 23.3 Å². The van der Waals surface area contributed by atoms with E-state index in [0.717, 1.165) is 48.8 Å². The minimum Gasteiger partial charge on any atom is -0.437 e. The summed E-state index contributed by atoms with van der Waals surface area (Å²) in [6.45, 7) is 4.66. The van der Waals surface area contributed by atoms with Crippen LogP contribution >= 0.6 is 0 Å². The van der Waals surface area contributed by atoms with Crippen LogP contribution in [0.15, 0.2) is 34.7 Å². The topological polar surface area (TPSA) is 101 Å². The molecule has 7 nitrogen and oxygen atoms in total. The van der Waals surface area contributed by atoms with E-state index in [1.165, 1.54) is 32.1 Å². The molecule has 2 aromatic heterocycles. The van der Waals surface area contributed by atoms with Crippen molar-refractivity contribution >= 4 is 27.0 Å². The number of aromatic nitrogens is 1. The molecule has 2 heterocycles. The first-order chi connectivity index (χ1) is 18.3. The van der Waals surface area contributed by atoms with Gasteiger partial charge in [0.25, 0.3) is 5.91 Å². The number of pyridine rings is 1. The third-order valence-corrected chi connectivity index (χ3v) is 8.56. The Balaban J connectivity index is 1.52. The lowest BCUT2D eigenvalue weighted by Gasteiger charge is -2.10. The monoisotopic (exact) mass is 539 g/mol. The highest BCUT2D eigenvalue weighted by Crippen LogP contribution is 2.44. The van der Waals surface area contributed by atoms with Crippen molar-refractivity contribution in [1.29, 1.82) is 0 Å². The number of furan rings is 1. The van der Waals surface area contributed by atoms with Crippen LogP contribution in [0.25, 0.3) is 22.4 Å². The molecule has 38 heavy (non-hydrogen) atoms. The fraction of sp³-hybridized carbons (Fsp3) is 0.533. The third-order valence-electron chi connectivity index (χ3n) is 7.26. The summed E-state index contributed by atoms with van der Waals surface area (Å²) in [7, 11) is -1.96. The Morgan fingerprint density at radius 3 is 2.32 bits per heavy atom. The van der Waals surface area contributed by atoms with Gasteiger partial charge in [0.15, 0.2) is 0 Å². The quantitative estimate of drug-likeness (QED) is 0.212. The minimum atomic E-state index is -3.55. The van der Waals surface area contributed by atoms with Gasteiger partial charge >= 0.3 is 0 Å². The van der Waals surface area contributed by atoms with Gasteiger partial charge < -0.3 is 9.73 Å². The Labute approximate surface area is 226 Å². The van der Waals surface area contributed by atoms with Gasteiger partial charge in [0.1, 0.15) is 11.5 Å². The second kappa shape index (κ2) is 12.9. The highest BCUT2D eigenvalue weighted by atomic mass is 32.2. The van der Waals surface area contributed by atoms with E-state index in [9.17, 15) is 13.2 Å². The van der Waals surface area contributed by atoms with E-state index in [1.807, 2.05) is 37.3 Å². The molecule has 4 rings (SSSR count). The van der Waals surface area contributed by atoms with Gasteiger partial charge in [-0.1, -0.05) is 81.7 Å². The van der Waals surface area contributed by atoms with Crippen molar-refractivity contribution in [1.82, 2.24) is 15.0 Å². The lowest BCUT2D eigenvalue weighted by Crippen LogP contribution is -2.27. The van der Waals surface area contributed by atoms with Crippen LogP contribution in [-0.2, 0) is 15.8 Å². The average molecular weight is 540 g/mol. The van der Waals surface area contributed by atoms with Crippen LogP contribution in [0, 0.1) is 6.92 Å². The molecule has 0 atom stereocenters. The number of aryl methyl sites for hydroxylation is 1. The zero-order valence-electron chi connectivity index (χ0n) is 22.9. The predicted molar refractivity (Wildman–Crippen MR) is 153 cm³/mol. The molecule has 2 N–H and O–H groups in total. The summed E-state index contributed by atoms with van der Waals surface area (Å²) in [5, 5.41) is 3.34. The fourth-order valence-electron chi connectivity index (χ4n) is 4.91. The summed E-state index contributed by atoms with van der Waals surface area (Å²) in [6, 6.07) is 9.70. The van der Waals surface area contributed by atoms with E-state index in [4.69, 9.17) is 9.40 Å². The summed E-state index contributed by atoms with van der Waals surface area (Å²) >= 11 is 0. The van der Waals surface area contributed by atoms with Gasteiger partial charge in [-0.2, -0.15) is 0 Å². The second-order valence-corrected chi connectivity index (χ2v) is 12.3. The van der Waals surface area contributed by atoms with E-state index in [0.29, 0.717) is 28.9 Å². The third kappa shape index (κ3) is 7.23. The molecule has 206 valence electrons. The number of sulfonamides is 1. The van der Waals surface area contributed by atoms with Crippen molar-refractivity contribution in [2.75, 3.05) is 13.6 Å². The van der Waals surface area contributed by atoms with Gasteiger partial charge in [-0.25, -0.2) is 18.1 Å². The van der Waals surface area contributed by atoms with E-state index in [1.54, 1.807) is 7.05 Å². The standard InChI is InChI=1S/C30H41N3O4S/c1-4-5-6-7-8-9-10-11-18-32-38(35,36)20-26-24(22-16-17-22)19-25-27(29(34)31-3)28(37-30(25)33-26)23-14-12-21(2)13-15-23/h12-15,19,22,32H,4-11,16-18,20H2,1-3H3,(H,31,34). The molecule has 0 aliphatic heterocycles. The summed E-state index contributed by atoms with van der Waals surface area (Å²) in [5.41, 5.74) is 4.01. The minimum absolute atomic E-state index is 0.193. The maximum atomic E-state index is 13.0. The molecule has 1 aromatic carbocycles. The van der Waals surface area contributed by atoms with Gasteiger partial charge in [-0.05, 0) is 43.7 Å². The van der Waals surface area contributed by atoms with E-state index < -0.39 is 10.0 Å². The maximum Gasteiger partial charge on any atom is 0.255 e. The highest BCUT2D eigenvalue weighted by molar-refractivity contribution is 7.88. The maximum absolute atomic E-state index is 13.0. The summed E-state index contributed by atoms with van der Waals surface area (Å²) in [5.74, 6) is 0.263. The number of amides is 1. The van der Waals surface area contributed by atoms with Gasteiger partial charge in [0, 0.05) is 19.2 Å². The number of hydrogen-bond acceptors (Lipinski definition) is 5. The molecule has 8 heteroatoms. The SMILES string of the molecule is CCCCCCCCCCNS(=O)(=O)Cc1nc2oc(-c3ccc(C)cc3)c(C(=O)NC)c2cc1C1CC1. The molecule has 0 saturated heterocycles. The van der Waals surface area contributed by atoms with Crippen LogP contribution in [0.5, 0.6) is 0 Å². The first-order valence-electron chi connectivity index (χ1n) is 14.1. The van der Waals surface area contributed by atoms with Crippen molar-refractivity contribution in [2.45, 2.75) is 89.7 Å². The molecule has 1 aliphatic rings. The lowest BCUT2D eigenvalue weighted by molar-refractivity contribution is 0.0964. The Morgan fingerprint density at radius 1 is 1.03 bits per heavy atom. The van der Waals surface area contributed by atoms with Crippen LogP contribution in [0.2, 0.25) is 0 Å². The number of carbonyl (C=O) groups excluding carboxylic acids is 1. The highest BCUT2D eigenvalue weighted by Gasteiger charge is 2.31. The number of unbranched alkanes of at least 4 members (excludes halogenated alkanes) is 7. The predicted octanol–water partition coefficient (Wildman–Crippen LogP) is 6.60. The molecule has 1 amide bonds. The van der Waals surface area contributed by atoms with Crippen molar-refractivity contribution in [3.8, 4) is 11.3 Å². The Morgan fingerprint density at radius 2 is 1.68 bits per heavy atom. The fourth-order valence-corrected chi connectivity index (χ4v) is 6.06. The number of hydrogen-bond donors (Lipinski definition) is 2. The molecular weight excluding hydrogens is 498 g/mol. The molecule has 1 saturated carbocycles. The number of fused-ring (bicyclic) bond motifs is 1. The Kier molecular flexibility index (Phi) is 9.60. The van der Waals surface area contributed by atoms with Gasteiger partial charge in [-0.3, -0.25) is 4.79 Å². The molecule has 0 spiro atoms. The molecule has 1 fully saturated rings. The summed E-state index contributed by atoms with van der Waals surface area (Å²) < 4.78 is 34.8. The number of nitrogens with one attached hydrogen (secondary N) is 2. The largest absolute Gasteiger partial charge is 0.437 e. The summed E-state index contributed by atoms with van der Waals surface area (Å²) in [4.78, 5) is 17.6. The van der Waals surface area contributed by atoms with E-state index >= 15 is 0 Å². The summed E-state index contributed by atoms with van der Waals surface area (Å²) in [6.07, 6.45) is 11.3. The molecule has 3 aromatic rings. The lowest BCUT2D eigenvalue weighted by atomic mass is 10.0. The van der Waals surface area contributed by atoms with Gasteiger partial charge in [0.2, 0.25) is 15.7 Å². The number of rotatable bonds is 15. The van der Waals surface area contributed by atoms with Crippen molar-refractivity contribution in [3.05, 3.63) is 52.7 Å². The Bertz CT molecular complexity index is 1340. The number of nitrogens with zero attached hydrogens (tertiary/aromatic N) is 1. The van der Waals surface area contributed by atoms with Crippen molar-refractivity contribution in [3.63, 3.8) is 0 Å². The molecule has 1 aliphatic carbocycles. The van der Waals surface area contributed by atoms with Crippen LogP contribution in [0.1, 0.15) is 104 Å². The van der Waals surface area contributed by atoms with Crippen LogP contribution < -0.4 is 10.0 Å². The van der Waals surface area contributed by atoms with Crippen LogP contribution in [0.3, 0.4) is 0 Å². The average Bonchev–Trinajstić information content (AvgIpc) is 3.67. The molecule has 0 radical (unpaired) electrons. The number of benzene rings is 1. The van der Waals surface area contributed by atoms with Crippen LogP contribution in [-0.4, -0.2) is 32.9 Å². The van der Waals surface area contributed by atoms with E-state index in [2.05, 4.69) is 17.0 Å². The first kappa shape index (κ1) is 28.3. The van der Waals surface area contributed by atoms with Gasteiger partial charge in [-0.15, -0.1) is 0 Å². The molecular formula is C30H41N3O4S. The smallest absolute Gasteiger partial charge is 0.255 e. The normalized spacial score (nSPS) is 13.8. The molecule has 0 unspecified atom stereocenters. The molecule has 0 bridgehead atoms. The van der Waals surface area contributed by atoms with Crippen molar-refractivity contribution in [2.24, 2.45) is 0 Å². The first-order valence-corrected chi connectivity index (χ1v) is 15.7. The zero-order valence-corrected chi connectivity index (χ0v) is 23.8. The number of carbonyl (C=O) groups is 1. The second-order valence-electron chi connectivity index (χ2n) is 10.5. The zero-order chi connectivity index (χ0) is 27.1. The Hall–Kier alpha value is -2.71. The van der Waals surface area contributed by atoms with Crippen molar-refractivity contribution < 1.29 is 17.6 Å². The van der Waals surface area contributed by atoms with Crippen LogP contribution in [0.4, 0.5) is 0 Å². The van der Waals surface area contributed by atoms with Gasteiger partial charge in [0.05, 0.1) is 16.6 Å².